The van der Waals surface area contributed by atoms with Gasteiger partial charge >= 0.3 is 6.18 Å². The smallest absolute Gasteiger partial charge is 0.427 e. The first kappa shape index (κ1) is 29.1. The summed E-state index contributed by atoms with van der Waals surface area (Å²) in [6.45, 7) is 5.24. The number of aromatic nitrogens is 1. The van der Waals surface area contributed by atoms with Crippen LogP contribution < -0.4 is 25.0 Å². The van der Waals surface area contributed by atoms with Crippen molar-refractivity contribution in [1.82, 2.24) is 15.2 Å². The molecular weight excluding hydrogens is 534 g/mol. The minimum absolute atomic E-state index is 0.141. The first-order valence-corrected chi connectivity index (χ1v) is 12.6. The second-order valence-electron chi connectivity index (χ2n) is 9.99. The number of amides is 2. The van der Waals surface area contributed by atoms with Crippen LogP contribution in [0.3, 0.4) is 0 Å². The molecule has 2 aliphatic rings. The standard InChI is InChI=1S/C27H31F4N5O4/c1-15-13-36(14-16(2)35(15)3)21-7-6-17(18-9-22(39-4)25(40-5)33-11-18)8-20(21)34-24(38)19-12-32-23(37)10-26(19,28)27(29,30)31/h6-9,11-12,15-16H,10,13-14H2,1-5H3,(H,32,37)(H,34,38)/t15-,16+,26?. The van der Waals surface area contributed by atoms with Crippen molar-refractivity contribution in [2.45, 2.75) is 44.2 Å². The zero-order valence-corrected chi connectivity index (χ0v) is 22.7. The number of ether oxygens (including phenoxy) is 2. The van der Waals surface area contributed by atoms with Gasteiger partial charge in [0.15, 0.2) is 5.75 Å². The van der Waals surface area contributed by atoms with E-state index in [2.05, 4.69) is 15.2 Å². The van der Waals surface area contributed by atoms with Gasteiger partial charge in [-0.1, -0.05) is 6.07 Å². The molecule has 3 heterocycles. The van der Waals surface area contributed by atoms with E-state index < -0.39 is 35.7 Å². The number of anilines is 2. The zero-order valence-electron chi connectivity index (χ0n) is 22.7. The molecular formula is C27H31F4N5O4. The maximum absolute atomic E-state index is 15.3. The highest BCUT2D eigenvalue weighted by Crippen LogP contribution is 2.44. The number of piperazine rings is 1. The van der Waals surface area contributed by atoms with E-state index in [0.717, 1.165) is 0 Å². The third-order valence-corrected chi connectivity index (χ3v) is 7.41. The van der Waals surface area contributed by atoms with Gasteiger partial charge in [0.25, 0.3) is 11.8 Å². The Kier molecular flexibility index (Phi) is 7.97. The Morgan fingerprint density at radius 2 is 1.80 bits per heavy atom. The third-order valence-electron chi connectivity index (χ3n) is 7.41. The van der Waals surface area contributed by atoms with Crippen molar-refractivity contribution in [3.63, 3.8) is 0 Å². The molecule has 2 N–H and O–H groups in total. The summed E-state index contributed by atoms with van der Waals surface area (Å²) in [5.41, 5.74) is -3.50. The molecule has 2 aliphatic heterocycles. The Hall–Kier alpha value is -3.87. The third kappa shape index (κ3) is 5.42. The van der Waals surface area contributed by atoms with Crippen LogP contribution in [-0.4, -0.2) is 80.0 Å². The maximum Gasteiger partial charge on any atom is 0.427 e. The predicted octanol–water partition coefficient (Wildman–Crippen LogP) is 3.91. The molecule has 4 rings (SSSR count). The van der Waals surface area contributed by atoms with Gasteiger partial charge in [0.05, 0.1) is 37.6 Å². The Morgan fingerprint density at radius 3 is 2.40 bits per heavy atom. The normalized spacial score (nSPS) is 23.8. The van der Waals surface area contributed by atoms with Crippen LogP contribution in [0.5, 0.6) is 11.6 Å². The second kappa shape index (κ2) is 11.0. The van der Waals surface area contributed by atoms with Gasteiger partial charge in [-0.2, -0.15) is 13.2 Å². The van der Waals surface area contributed by atoms with Crippen molar-refractivity contribution in [3.05, 3.63) is 42.2 Å². The number of nitrogens with zero attached hydrogens (tertiary/aromatic N) is 3. The molecule has 1 saturated heterocycles. The molecule has 0 spiro atoms. The molecule has 1 fully saturated rings. The number of nitrogens with one attached hydrogen (secondary N) is 2. The second-order valence-corrected chi connectivity index (χ2v) is 9.99. The molecule has 216 valence electrons. The topological polar surface area (TPSA) is 96.0 Å². The fourth-order valence-corrected chi connectivity index (χ4v) is 4.90. The summed E-state index contributed by atoms with van der Waals surface area (Å²) >= 11 is 0. The van der Waals surface area contributed by atoms with Crippen molar-refractivity contribution < 1.29 is 36.6 Å². The highest BCUT2D eigenvalue weighted by atomic mass is 19.4. The quantitative estimate of drug-likeness (QED) is 0.513. The summed E-state index contributed by atoms with van der Waals surface area (Å²) in [4.78, 5) is 33.3. The van der Waals surface area contributed by atoms with E-state index in [1.54, 1.807) is 24.3 Å². The number of pyridine rings is 1. The van der Waals surface area contributed by atoms with Crippen molar-refractivity contribution in [2.75, 3.05) is 44.6 Å². The SMILES string of the molecule is COc1cc(-c2ccc(N3C[C@@H](C)N(C)[C@@H](C)C3)c(NC(=O)C3=CNC(=O)CC3(F)C(F)(F)F)c2)cnc1OC. The average Bonchev–Trinajstić information content (AvgIpc) is 2.90. The molecule has 1 aromatic heterocycles. The predicted molar refractivity (Wildman–Crippen MR) is 141 cm³/mol. The Balaban J connectivity index is 1.78. The van der Waals surface area contributed by atoms with E-state index in [9.17, 15) is 22.8 Å². The Labute approximate surface area is 229 Å². The highest BCUT2D eigenvalue weighted by molar-refractivity contribution is 6.08. The van der Waals surface area contributed by atoms with E-state index in [1.165, 1.54) is 20.4 Å². The van der Waals surface area contributed by atoms with Crippen molar-refractivity contribution >= 4 is 23.2 Å². The average molecular weight is 566 g/mol. The fraction of sp³-hybridized carbons (Fsp3) is 0.444. The van der Waals surface area contributed by atoms with Gasteiger partial charge in [-0.3, -0.25) is 14.5 Å². The minimum atomic E-state index is -5.48. The number of rotatable bonds is 6. The van der Waals surface area contributed by atoms with E-state index in [-0.39, 0.29) is 23.7 Å². The van der Waals surface area contributed by atoms with Crippen molar-refractivity contribution in [3.8, 4) is 22.8 Å². The number of alkyl halides is 4. The van der Waals surface area contributed by atoms with E-state index in [4.69, 9.17) is 9.47 Å². The van der Waals surface area contributed by atoms with Crippen LogP contribution in [0.4, 0.5) is 28.9 Å². The molecule has 13 heteroatoms. The molecule has 2 amide bonds. The van der Waals surface area contributed by atoms with Crippen LogP contribution in [0.1, 0.15) is 20.3 Å². The van der Waals surface area contributed by atoms with Crippen molar-refractivity contribution in [1.29, 1.82) is 0 Å². The van der Waals surface area contributed by atoms with Gasteiger partial charge < -0.3 is 25.0 Å². The first-order valence-electron chi connectivity index (χ1n) is 12.6. The lowest BCUT2D eigenvalue weighted by atomic mass is 9.88. The number of methoxy groups -OCH3 is 2. The van der Waals surface area contributed by atoms with E-state index in [0.29, 0.717) is 41.9 Å². The Morgan fingerprint density at radius 1 is 1.12 bits per heavy atom. The lowest BCUT2D eigenvalue weighted by Crippen LogP contribution is -2.55. The van der Waals surface area contributed by atoms with Gasteiger partial charge in [0.1, 0.15) is 0 Å². The number of halogens is 4. The molecule has 0 bridgehead atoms. The van der Waals surface area contributed by atoms with Crippen LogP contribution in [0.25, 0.3) is 11.1 Å². The van der Waals surface area contributed by atoms with E-state index in [1.807, 2.05) is 31.1 Å². The Bertz CT molecular complexity index is 1320. The zero-order chi connectivity index (χ0) is 29.4. The highest BCUT2D eigenvalue weighted by Gasteiger charge is 2.62. The molecule has 2 aromatic rings. The van der Waals surface area contributed by atoms with Gasteiger partial charge in [0, 0.05) is 43.1 Å². The number of hydrogen-bond acceptors (Lipinski definition) is 7. The molecule has 0 saturated carbocycles. The molecule has 0 radical (unpaired) electrons. The largest absolute Gasteiger partial charge is 0.491 e. The van der Waals surface area contributed by atoms with Crippen LogP contribution in [0.15, 0.2) is 42.2 Å². The molecule has 40 heavy (non-hydrogen) atoms. The van der Waals surface area contributed by atoms with E-state index >= 15 is 4.39 Å². The molecule has 0 aliphatic carbocycles. The van der Waals surface area contributed by atoms with Crippen molar-refractivity contribution in [2.24, 2.45) is 0 Å². The van der Waals surface area contributed by atoms with Gasteiger partial charge in [0.2, 0.25) is 11.6 Å². The minimum Gasteiger partial charge on any atom is -0.491 e. The van der Waals surface area contributed by atoms with Crippen LogP contribution in [0.2, 0.25) is 0 Å². The first-order chi connectivity index (χ1) is 18.8. The lowest BCUT2D eigenvalue weighted by molar-refractivity contribution is -0.219. The summed E-state index contributed by atoms with van der Waals surface area (Å²) in [5, 5.41) is 4.52. The van der Waals surface area contributed by atoms with Gasteiger partial charge in [-0.05, 0) is 44.7 Å². The molecule has 1 aromatic carbocycles. The summed E-state index contributed by atoms with van der Waals surface area (Å²) in [5.74, 6) is -1.89. The van der Waals surface area contributed by atoms with Gasteiger partial charge in [-0.15, -0.1) is 0 Å². The molecule has 1 unspecified atom stereocenters. The number of carbonyl (C=O) groups is 2. The summed E-state index contributed by atoms with van der Waals surface area (Å²) in [7, 11) is 4.90. The lowest BCUT2D eigenvalue weighted by Gasteiger charge is -2.44. The number of likely N-dealkylation sites (N-methyl/N-ethyl adjacent to an activating group) is 1. The van der Waals surface area contributed by atoms with Crippen LogP contribution >= 0.6 is 0 Å². The number of carbonyl (C=O) groups excluding carboxylic acids is 2. The van der Waals surface area contributed by atoms with Crippen LogP contribution in [0, 0.1) is 0 Å². The summed E-state index contributed by atoms with van der Waals surface area (Å²) in [6.07, 6.45) is -5.02. The molecule has 3 atom stereocenters. The monoisotopic (exact) mass is 565 g/mol. The summed E-state index contributed by atoms with van der Waals surface area (Å²) < 4.78 is 67.0. The summed E-state index contributed by atoms with van der Waals surface area (Å²) in [6, 6.07) is 7.07. The van der Waals surface area contributed by atoms with Crippen LogP contribution in [-0.2, 0) is 9.59 Å². The maximum atomic E-state index is 15.3. The number of benzene rings is 1. The fourth-order valence-electron chi connectivity index (χ4n) is 4.90. The van der Waals surface area contributed by atoms with Gasteiger partial charge in [-0.25, -0.2) is 9.37 Å². The number of hydrogen-bond donors (Lipinski definition) is 2. The molecule has 9 nitrogen and oxygen atoms in total.